The highest BCUT2D eigenvalue weighted by atomic mass is 32.1. The second kappa shape index (κ2) is 11.1. The molecular weight excluding hydrogens is 296 g/mol. The first-order valence-corrected chi connectivity index (χ1v) is 8.76. The molecule has 0 aliphatic heterocycles. The summed E-state index contributed by atoms with van der Waals surface area (Å²) in [5, 5.41) is 8.69. The molecule has 0 radical (unpaired) electrons. The van der Waals surface area contributed by atoms with E-state index in [0.29, 0.717) is 0 Å². The number of hydrogen-bond acceptors (Lipinski definition) is 3. The van der Waals surface area contributed by atoms with E-state index in [-0.39, 0.29) is 12.5 Å². The van der Waals surface area contributed by atoms with Gasteiger partial charge < -0.3 is 15.5 Å². The third kappa shape index (κ3) is 8.02. The molecule has 0 fully saturated rings. The van der Waals surface area contributed by atoms with Gasteiger partial charge in [0.15, 0.2) is 5.96 Å². The first kappa shape index (κ1) is 18.5. The summed E-state index contributed by atoms with van der Waals surface area (Å²) in [6, 6.07) is 4.20. The Kier molecular flexibility index (Phi) is 9.30. The lowest BCUT2D eigenvalue weighted by atomic mass is 10.2. The third-order valence-electron chi connectivity index (χ3n) is 3.19. The number of guanidine groups is 1. The lowest BCUT2D eigenvalue weighted by Gasteiger charge is -2.13. The maximum absolute atomic E-state index is 11.6. The Morgan fingerprint density at radius 3 is 2.68 bits per heavy atom. The van der Waals surface area contributed by atoms with Crippen molar-refractivity contribution in [3.05, 3.63) is 22.4 Å². The van der Waals surface area contributed by atoms with Gasteiger partial charge in [0.25, 0.3) is 0 Å². The zero-order valence-electron chi connectivity index (χ0n) is 13.9. The number of carbonyl (C=O) groups is 1. The van der Waals surface area contributed by atoms with Gasteiger partial charge >= 0.3 is 0 Å². The lowest BCUT2D eigenvalue weighted by molar-refractivity contribution is -0.127. The first-order valence-electron chi connectivity index (χ1n) is 7.88. The normalized spacial score (nSPS) is 11.3. The van der Waals surface area contributed by atoms with Gasteiger partial charge in [0.1, 0.15) is 6.54 Å². The number of aliphatic imine (C=N–C) groups is 1. The molecule has 0 aromatic carbocycles. The van der Waals surface area contributed by atoms with Crippen LogP contribution in [0, 0.1) is 0 Å². The number of carbonyl (C=O) groups excluding carboxylic acids is 1. The van der Waals surface area contributed by atoms with E-state index in [1.807, 2.05) is 0 Å². The standard InChI is InChI=1S/C16H28N4OS/c1-4-5-6-10-17-16(19-13-15(21)20(2)3)18-11-9-14-8-7-12-22-14/h7-8,12H,4-6,9-11,13H2,1-3H3,(H2,17,18,19). The van der Waals surface area contributed by atoms with E-state index < -0.39 is 0 Å². The predicted octanol–water partition coefficient (Wildman–Crippen LogP) is 2.10. The number of likely N-dealkylation sites (N-methyl/N-ethyl adjacent to an activating group) is 1. The van der Waals surface area contributed by atoms with Crippen LogP contribution >= 0.6 is 11.3 Å². The van der Waals surface area contributed by atoms with Crippen molar-refractivity contribution in [2.24, 2.45) is 4.99 Å². The maximum Gasteiger partial charge on any atom is 0.243 e. The van der Waals surface area contributed by atoms with Crippen LogP contribution in [0.3, 0.4) is 0 Å². The van der Waals surface area contributed by atoms with E-state index in [1.165, 1.54) is 17.7 Å². The molecule has 0 aliphatic carbocycles. The largest absolute Gasteiger partial charge is 0.356 e. The van der Waals surface area contributed by atoms with E-state index in [1.54, 1.807) is 30.3 Å². The second-order valence-corrected chi connectivity index (χ2v) is 6.38. The minimum absolute atomic E-state index is 0.00733. The highest BCUT2D eigenvalue weighted by Gasteiger charge is 2.04. The monoisotopic (exact) mass is 324 g/mol. The third-order valence-corrected chi connectivity index (χ3v) is 4.12. The molecule has 6 heteroatoms. The zero-order chi connectivity index (χ0) is 16.2. The van der Waals surface area contributed by atoms with E-state index in [2.05, 4.69) is 40.1 Å². The molecule has 0 spiro atoms. The number of rotatable bonds is 9. The zero-order valence-corrected chi connectivity index (χ0v) is 14.7. The molecule has 1 aromatic rings. The number of nitrogens with zero attached hydrogens (tertiary/aromatic N) is 2. The number of amides is 1. The Bertz CT molecular complexity index is 443. The Morgan fingerprint density at radius 2 is 2.05 bits per heavy atom. The molecule has 0 bridgehead atoms. The summed E-state index contributed by atoms with van der Waals surface area (Å²) in [5.41, 5.74) is 0. The Balaban J connectivity index is 2.41. The number of unbranched alkanes of at least 4 members (excludes halogenated alkanes) is 2. The smallest absolute Gasteiger partial charge is 0.243 e. The average Bonchev–Trinajstić information content (AvgIpc) is 3.01. The van der Waals surface area contributed by atoms with Crippen LogP contribution in [0.1, 0.15) is 31.1 Å². The molecule has 0 aliphatic rings. The molecular formula is C16H28N4OS. The van der Waals surface area contributed by atoms with Gasteiger partial charge in [-0.1, -0.05) is 25.8 Å². The van der Waals surface area contributed by atoms with E-state index in [0.717, 1.165) is 31.9 Å². The molecule has 2 N–H and O–H groups in total. The fourth-order valence-corrected chi connectivity index (χ4v) is 2.51. The average molecular weight is 324 g/mol. The fourth-order valence-electron chi connectivity index (χ4n) is 1.80. The summed E-state index contributed by atoms with van der Waals surface area (Å²) in [4.78, 5) is 18.9. The van der Waals surface area contributed by atoms with Crippen molar-refractivity contribution in [1.82, 2.24) is 15.5 Å². The molecule has 0 atom stereocenters. The van der Waals surface area contributed by atoms with Crippen LogP contribution in [0.15, 0.2) is 22.5 Å². The number of thiophene rings is 1. The van der Waals surface area contributed by atoms with E-state index >= 15 is 0 Å². The van der Waals surface area contributed by atoms with Crippen molar-refractivity contribution >= 4 is 23.2 Å². The van der Waals surface area contributed by atoms with Crippen LogP contribution in [0.25, 0.3) is 0 Å². The summed E-state index contributed by atoms with van der Waals surface area (Å²) in [6.45, 7) is 4.06. The van der Waals surface area contributed by atoms with Crippen molar-refractivity contribution in [2.45, 2.75) is 32.6 Å². The summed E-state index contributed by atoms with van der Waals surface area (Å²) >= 11 is 1.76. The SMILES string of the molecule is CCCCCNC(=NCC(=O)N(C)C)NCCc1cccs1. The van der Waals surface area contributed by atoms with Crippen LogP contribution in [-0.2, 0) is 11.2 Å². The predicted molar refractivity (Wildman–Crippen MR) is 94.5 cm³/mol. The van der Waals surface area contributed by atoms with Gasteiger partial charge in [0.2, 0.25) is 5.91 Å². The minimum atomic E-state index is 0.00733. The van der Waals surface area contributed by atoms with Gasteiger partial charge in [-0.3, -0.25) is 4.79 Å². The van der Waals surface area contributed by atoms with Crippen LogP contribution in [-0.4, -0.2) is 50.5 Å². The van der Waals surface area contributed by atoms with Crippen LogP contribution in [0.5, 0.6) is 0 Å². The van der Waals surface area contributed by atoms with Gasteiger partial charge in [-0.2, -0.15) is 0 Å². The fraction of sp³-hybridized carbons (Fsp3) is 0.625. The van der Waals surface area contributed by atoms with Crippen LogP contribution in [0.2, 0.25) is 0 Å². The first-order chi connectivity index (χ1) is 10.6. The van der Waals surface area contributed by atoms with Crippen LogP contribution in [0.4, 0.5) is 0 Å². The quantitative estimate of drug-likeness (QED) is 0.415. The van der Waals surface area contributed by atoms with Crippen molar-refractivity contribution < 1.29 is 4.79 Å². The van der Waals surface area contributed by atoms with Crippen molar-refractivity contribution in [2.75, 3.05) is 33.7 Å². The highest BCUT2D eigenvalue weighted by Crippen LogP contribution is 2.07. The van der Waals surface area contributed by atoms with Crippen molar-refractivity contribution in [1.29, 1.82) is 0 Å². The van der Waals surface area contributed by atoms with Gasteiger partial charge in [-0.25, -0.2) is 4.99 Å². The van der Waals surface area contributed by atoms with Gasteiger partial charge in [0.05, 0.1) is 0 Å². The minimum Gasteiger partial charge on any atom is -0.356 e. The molecule has 22 heavy (non-hydrogen) atoms. The van der Waals surface area contributed by atoms with Crippen LogP contribution < -0.4 is 10.6 Å². The van der Waals surface area contributed by atoms with E-state index in [9.17, 15) is 4.79 Å². The maximum atomic E-state index is 11.6. The molecule has 5 nitrogen and oxygen atoms in total. The van der Waals surface area contributed by atoms with E-state index in [4.69, 9.17) is 0 Å². The Hall–Kier alpha value is -1.56. The Morgan fingerprint density at radius 1 is 1.27 bits per heavy atom. The number of hydrogen-bond donors (Lipinski definition) is 2. The molecule has 1 rings (SSSR count). The Labute approximate surface area is 137 Å². The number of nitrogens with one attached hydrogen (secondary N) is 2. The molecule has 1 amide bonds. The van der Waals surface area contributed by atoms with Gasteiger partial charge in [0, 0.05) is 32.1 Å². The molecule has 1 heterocycles. The summed E-state index contributed by atoms with van der Waals surface area (Å²) < 4.78 is 0. The van der Waals surface area contributed by atoms with Gasteiger partial charge in [-0.05, 0) is 24.3 Å². The lowest BCUT2D eigenvalue weighted by Crippen LogP contribution is -2.39. The second-order valence-electron chi connectivity index (χ2n) is 5.34. The molecule has 0 saturated heterocycles. The highest BCUT2D eigenvalue weighted by molar-refractivity contribution is 7.09. The molecule has 1 aromatic heterocycles. The van der Waals surface area contributed by atoms with Gasteiger partial charge in [-0.15, -0.1) is 11.3 Å². The molecule has 124 valence electrons. The molecule has 0 unspecified atom stereocenters. The van der Waals surface area contributed by atoms with Crippen molar-refractivity contribution in [3.8, 4) is 0 Å². The summed E-state index contributed by atoms with van der Waals surface area (Å²) in [7, 11) is 3.49. The topological polar surface area (TPSA) is 56.7 Å². The van der Waals surface area contributed by atoms with Crippen molar-refractivity contribution in [3.63, 3.8) is 0 Å². The summed E-state index contributed by atoms with van der Waals surface area (Å²) in [5.74, 6) is 0.732. The molecule has 0 saturated carbocycles. The summed E-state index contributed by atoms with van der Waals surface area (Å²) in [6.07, 6.45) is 4.48.